The molecule has 1 aliphatic carbocycles. The molecule has 0 radical (unpaired) electrons. The Labute approximate surface area is 140 Å². The van der Waals surface area contributed by atoms with Crippen LogP contribution in [0, 0.1) is 5.82 Å². The molecule has 4 nitrogen and oxygen atoms in total. The Morgan fingerprint density at radius 1 is 1.17 bits per heavy atom. The average molecular weight is 337 g/mol. The van der Waals surface area contributed by atoms with Crippen LogP contribution in [0.3, 0.4) is 0 Å². The summed E-state index contributed by atoms with van der Waals surface area (Å²) in [6, 6.07) is 7.07. The van der Waals surface area contributed by atoms with Crippen LogP contribution in [0.1, 0.15) is 18.9 Å². The first-order valence-electron chi connectivity index (χ1n) is 7.76. The van der Waals surface area contributed by atoms with E-state index in [0.717, 1.165) is 28.8 Å². The molecule has 0 unspecified atom stereocenters. The third-order valence-corrected chi connectivity index (χ3v) is 5.31. The summed E-state index contributed by atoms with van der Waals surface area (Å²) in [7, 11) is 0. The van der Waals surface area contributed by atoms with Crippen molar-refractivity contribution in [2.75, 3.05) is 0 Å². The number of halogens is 1. The molecule has 1 aliphatic rings. The van der Waals surface area contributed by atoms with Crippen LogP contribution >= 0.6 is 11.5 Å². The number of hydrogen-bond acceptors (Lipinski definition) is 4. The molecule has 0 atom stereocenters. The maximum Gasteiger partial charge on any atom is 0.199 e. The van der Waals surface area contributed by atoms with Gasteiger partial charge in [-0.3, -0.25) is 9.78 Å². The lowest BCUT2D eigenvalue weighted by Gasteiger charge is -2.13. The first-order valence-corrected chi connectivity index (χ1v) is 8.54. The third kappa shape index (κ3) is 1.93. The predicted molar refractivity (Wildman–Crippen MR) is 92.8 cm³/mol. The lowest BCUT2D eigenvalue weighted by molar-refractivity contribution is 0.632. The number of pyridine rings is 2. The second kappa shape index (κ2) is 4.95. The number of hydrogen-bond donors (Lipinski definition) is 0. The van der Waals surface area contributed by atoms with E-state index in [2.05, 4.69) is 13.9 Å². The Hall–Kier alpha value is -2.60. The standard InChI is InChI=1S/C18H12FN3OS/c19-15-7-13-16(8-12(15)10-3-5-20-6-4-10)22(11-1-2-11)18-14(17(13)23)9-21-24-18/h3-9,11H,1-2H2. The highest BCUT2D eigenvalue weighted by Crippen LogP contribution is 2.41. The van der Waals surface area contributed by atoms with Crippen LogP contribution in [-0.4, -0.2) is 13.9 Å². The summed E-state index contributed by atoms with van der Waals surface area (Å²) in [6.45, 7) is 0. The number of benzene rings is 1. The molecule has 118 valence electrons. The van der Waals surface area contributed by atoms with Crippen molar-refractivity contribution in [2.45, 2.75) is 18.9 Å². The number of nitrogens with zero attached hydrogens (tertiary/aromatic N) is 3. The fourth-order valence-electron chi connectivity index (χ4n) is 3.21. The van der Waals surface area contributed by atoms with Gasteiger partial charge in [-0.05, 0) is 54.2 Å². The van der Waals surface area contributed by atoms with E-state index in [9.17, 15) is 9.18 Å². The fraction of sp³-hybridized carbons (Fsp3) is 0.167. The highest BCUT2D eigenvalue weighted by atomic mass is 32.1. The molecule has 24 heavy (non-hydrogen) atoms. The van der Waals surface area contributed by atoms with Crippen LogP contribution in [0.15, 0.2) is 47.7 Å². The molecule has 6 heteroatoms. The Morgan fingerprint density at radius 3 is 2.71 bits per heavy atom. The average Bonchev–Trinajstić information content (AvgIpc) is 3.32. The molecule has 0 bridgehead atoms. The topological polar surface area (TPSA) is 47.8 Å². The van der Waals surface area contributed by atoms with Gasteiger partial charge in [-0.2, -0.15) is 4.37 Å². The van der Waals surface area contributed by atoms with Crippen LogP contribution < -0.4 is 5.43 Å². The van der Waals surface area contributed by atoms with Gasteiger partial charge in [0.1, 0.15) is 10.6 Å². The first-order chi connectivity index (χ1) is 11.7. The van der Waals surface area contributed by atoms with Crippen molar-refractivity contribution in [3.8, 4) is 11.1 Å². The van der Waals surface area contributed by atoms with E-state index in [1.165, 1.54) is 17.6 Å². The normalized spacial score (nSPS) is 14.5. The molecule has 0 aliphatic heterocycles. The third-order valence-electron chi connectivity index (χ3n) is 4.51. The van der Waals surface area contributed by atoms with Crippen molar-refractivity contribution < 1.29 is 4.39 Å². The molecular formula is C18H12FN3OS. The summed E-state index contributed by atoms with van der Waals surface area (Å²) in [5.74, 6) is -0.393. The van der Waals surface area contributed by atoms with E-state index < -0.39 is 5.82 Å². The molecule has 0 spiro atoms. The van der Waals surface area contributed by atoms with E-state index >= 15 is 0 Å². The molecule has 3 heterocycles. The van der Waals surface area contributed by atoms with Gasteiger partial charge in [0, 0.05) is 29.4 Å². The van der Waals surface area contributed by atoms with Gasteiger partial charge in [0.25, 0.3) is 0 Å². The maximum atomic E-state index is 14.7. The van der Waals surface area contributed by atoms with Gasteiger partial charge in [-0.1, -0.05) is 0 Å². The SMILES string of the molecule is O=c1c2cc(F)c(-c3ccncc3)cc2n(C2CC2)c2sncc12. The van der Waals surface area contributed by atoms with Gasteiger partial charge < -0.3 is 4.57 Å². The lowest BCUT2D eigenvalue weighted by Crippen LogP contribution is -2.09. The van der Waals surface area contributed by atoms with Crippen LogP contribution in [-0.2, 0) is 0 Å². The summed E-state index contributed by atoms with van der Waals surface area (Å²) in [6.07, 6.45) is 7.02. The Kier molecular flexibility index (Phi) is 2.84. The van der Waals surface area contributed by atoms with E-state index in [1.54, 1.807) is 36.8 Å². The molecule has 3 aromatic heterocycles. The first kappa shape index (κ1) is 13.8. The highest BCUT2D eigenvalue weighted by molar-refractivity contribution is 7.12. The summed E-state index contributed by atoms with van der Waals surface area (Å²) in [4.78, 5) is 17.6. The minimum Gasteiger partial charge on any atom is -0.328 e. The summed E-state index contributed by atoms with van der Waals surface area (Å²) < 4.78 is 21.0. The fourth-order valence-corrected chi connectivity index (χ4v) is 4.05. The van der Waals surface area contributed by atoms with Crippen molar-refractivity contribution >= 4 is 32.7 Å². The zero-order valence-corrected chi connectivity index (χ0v) is 13.4. The van der Waals surface area contributed by atoms with E-state index in [0.29, 0.717) is 22.4 Å². The zero-order valence-electron chi connectivity index (χ0n) is 12.6. The quantitative estimate of drug-likeness (QED) is 0.552. The van der Waals surface area contributed by atoms with Gasteiger partial charge >= 0.3 is 0 Å². The van der Waals surface area contributed by atoms with E-state index in [1.807, 2.05) is 0 Å². The zero-order chi connectivity index (χ0) is 16.3. The van der Waals surface area contributed by atoms with Crippen LogP contribution in [0.25, 0.3) is 32.2 Å². The largest absolute Gasteiger partial charge is 0.328 e. The number of aromatic nitrogens is 3. The van der Waals surface area contributed by atoms with Gasteiger partial charge in [0.15, 0.2) is 5.43 Å². The van der Waals surface area contributed by atoms with Gasteiger partial charge in [-0.25, -0.2) is 4.39 Å². The van der Waals surface area contributed by atoms with Crippen LogP contribution in [0.2, 0.25) is 0 Å². The molecule has 1 fully saturated rings. The Balaban J connectivity index is 1.93. The van der Waals surface area contributed by atoms with Gasteiger partial charge in [0.05, 0.1) is 17.1 Å². The van der Waals surface area contributed by atoms with Gasteiger partial charge in [0.2, 0.25) is 0 Å². The van der Waals surface area contributed by atoms with Crippen LogP contribution in [0.4, 0.5) is 4.39 Å². The van der Waals surface area contributed by atoms with Crippen molar-refractivity contribution in [3.63, 3.8) is 0 Å². The Bertz CT molecular complexity index is 1150. The number of fused-ring (bicyclic) bond motifs is 2. The van der Waals surface area contributed by atoms with Crippen molar-refractivity contribution in [3.05, 3.63) is 58.9 Å². The van der Waals surface area contributed by atoms with Crippen molar-refractivity contribution in [1.82, 2.24) is 13.9 Å². The molecule has 1 aromatic carbocycles. The van der Waals surface area contributed by atoms with E-state index in [-0.39, 0.29) is 5.43 Å². The molecule has 0 saturated heterocycles. The maximum absolute atomic E-state index is 14.7. The monoisotopic (exact) mass is 337 g/mol. The highest BCUT2D eigenvalue weighted by Gasteiger charge is 2.28. The minimum atomic E-state index is -0.393. The minimum absolute atomic E-state index is 0.147. The summed E-state index contributed by atoms with van der Waals surface area (Å²) in [5, 5.41) is 1.00. The van der Waals surface area contributed by atoms with Crippen molar-refractivity contribution in [1.29, 1.82) is 0 Å². The van der Waals surface area contributed by atoms with Gasteiger partial charge in [-0.15, -0.1) is 0 Å². The van der Waals surface area contributed by atoms with Crippen molar-refractivity contribution in [2.24, 2.45) is 0 Å². The molecule has 0 amide bonds. The lowest BCUT2D eigenvalue weighted by atomic mass is 10.0. The molecule has 4 aromatic rings. The molecular weight excluding hydrogens is 325 g/mol. The van der Waals surface area contributed by atoms with Crippen LogP contribution in [0.5, 0.6) is 0 Å². The van der Waals surface area contributed by atoms with E-state index in [4.69, 9.17) is 0 Å². The molecule has 1 saturated carbocycles. The summed E-state index contributed by atoms with van der Waals surface area (Å²) in [5.41, 5.74) is 1.88. The second-order valence-corrected chi connectivity index (χ2v) is 6.84. The summed E-state index contributed by atoms with van der Waals surface area (Å²) >= 11 is 1.33. The second-order valence-electron chi connectivity index (χ2n) is 6.06. The molecule has 0 N–H and O–H groups in total. The number of rotatable bonds is 2. The smallest absolute Gasteiger partial charge is 0.199 e. The Morgan fingerprint density at radius 2 is 1.96 bits per heavy atom. The predicted octanol–water partition coefficient (Wildman–Crippen LogP) is 4.15. The molecule has 5 rings (SSSR count).